The minimum atomic E-state index is -0.779. The van der Waals surface area contributed by atoms with Crippen molar-refractivity contribution in [2.24, 2.45) is 5.92 Å². The average Bonchev–Trinajstić information content (AvgIpc) is 2.32. The van der Waals surface area contributed by atoms with E-state index in [4.69, 9.17) is 9.84 Å². The lowest BCUT2D eigenvalue weighted by atomic mass is 9.93. The number of hydrogen-bond acceptors (Lipinski definition) is 2. The van der Waals surface area contributed by atoms with Crippen LogP contribution in [0.1, 0.15) is 24.0 Å². The molecule has 3 nitrogen and oxygen atoms in total. The number of carboxylic acid groups (broad SMARTS) is 1. The molecular weight excluding hydrogens is 216 g/mol. The first-order chi connectivity index (χ1) is 8.24. The van der Waals surface area contributed by atoms with Gasteiger partial charge in [-0.3, -0.25) is 4.79 Å². The second kappa shape index (κ2) is 5.82. The van der Waals surface area contributed by atoms with Crippen LogP contribution in [0, 0.1) is 5.92 Å². The van der Waals surface area contributed by atoms with Crippen LogP contribution in [0.5, 0.6) is 0 Å². The molecule has 0 saturated carbocycles. The van der Waals surface area contributed by atoms with Crippen LogP contribution in [0.15, 0.2) is 24.3 Å². The van der Waals surface area contributed by atoms with Crippen molar-refractivity contribution in [3.8, 4) is 0 Å². The highest BCUT2D eigenvalue weighted by atomic mass is 16.5. The van der Waals surface area contributed by atoms with Gasteiger partial charge in [0.15, 0.2) is 0 Å². The predicted octanol–water partition coefficient (Wildman–Crippen LogP) is 2.28. The predicted molar refractivity (Wildman–Crippen MR) is 65.0 cm³/mol. The Hall–Kier alpha value is -1.35. The highest BCUT2D eigenvalue weighted by molar-refractivity contribution is 5.70. The Balaban J connectivity index is 1.90. The minimum Gasteiger partial charge on any atom is -0.481 e. The van der Waals surface area contributed by atoms with Gasteiger partial charge >= 0.3 is 5.97 Å². The summed E-state index contributed by atoms with van der Waals surface area (Å²) in [6, 6.07) is 7.89. The largest absolute Gasteiger partial charge is 0.481 e. The van der Waals surface area contributed by atoms with Gasteiger partial charge in [-0.05, 0) is 36.3 Å². The fourth-order valence-electron chi connectivity index (χ4n) is 2.27. The lowest BCUT2D eigenvalue weighted by Gasteiger charge is -2.22. The van der Waals surface area contributed by atoms with E-state index in [0.29, 0.717) is 5.92 Å². The fraction of sp³-hybridized carbons (Fsp3) is 0.500. The molecule has 1 N–H and O–H groups in total. The molecule has 0 radical (unpaired) electrons. The molecule has 0 amide bonds. The van der Waals surface area contributed by atoms with Crippen molar-refractivity contribution >= 4 is 5.97 Å². The molecule has 3 heteroatoms. The number of carbonyl (C=O) groups is 1. The Labute approximate surface area is 101 Å². The molecule has 1 aliphatic rings. The number of benzene rings is 1. The van der Waals surface area contributed by atoms with E-state index in [1.165, 1.54) is 12.0 Å². The molecular formula is C14H18O3. The molecule has 1 atom stereocenters. The summed E-state index contributed by atoms with van der Waals surface area (Å²) in [7, 11) is 0. The first-order valence-electron chi connectivity index (χ1n) is 6.11. The van der Waals surface area contributed by atoms with E-state index in [0.717, 1.165) is 31.6 Å². The van der Waals surface area contributed by atoms with Gasteiger partial charge in [-0.25, -0.2) is 0 Å². The van der Waals surface area contributed by atoms with Gasteiger partial charge in [-0.15, -0.1) is 0 Å². The van der Waals surface area contributed by atoms with Crippen molar-refractivity contribution < 1.29 is 14.6 Å². The van der Waals surface area contributed by atoms with Gasteiger partial charge in [0, 0.05) is 13.2 Å². The number of aliphatic carboxylic acids is 1. The van der Waals surface area contributed by atoms with Gasteiger partial charge in [0.05, 0.1) is 6.42 Å². The van der Waals surface area contributed by atoms with Crippen LogP contribution in [-0.2, 0) is 22.4 Å². The number of hydrogen-bond donors (Lipinski definition) is 1. The first kappa shape index (κ1) is 12.1. The zero-order valence-corrected chi connectivity index (χ0v) is 9.89. The third-order valence-electron chi connectivity index (χ3n) is 3.16. The fourth-order valence-corrected chi connectivity index (χ4v) is 2.27. The monoisotopic (exact) mass is 234 g/mol. The molecule has 1 fully saturated rings. The maximum Gasteiger partial charge on any atom is 0.307 e. The maximum atomic E-state index is 10.6. The van der Waals surface area contributed by atoms with Crippen molar-refractivity contribution in [1.82, 2.24) is 0 Å². The summed E-state index contributed by atoms with van der Waals surface area (Å²) in [5.74, 6) is -0.160. The summed E-state index contributed by atoms with van der Waals surface area (Å²) in [6.45, 7) is 1.75. The molecule has 0 aromatic heterocycles. The highest BCUT2D eigenvalue weighted by Crippen LogP contribution is 2.19. The topological polar surface area (TPSA) is 46.5 Å². The van der Waals surface area contributed by atoms with Crippen LogP contribution >= 0.6 is 0 Å². The van der Waals surface area contributed by atoms with Crippen molar-refractivity contribution in [2.45, 2.75) is 25.7 Å². The Bertz CT molecular complexity index is 364. The Morgan fingerprint density at radius 2 is 2.00 bits per heavy atom. The SMILES string of the molecule is O=C(O)Cc1ccc(CC2CCCOC2)cc1. The molecule has 2 rings (SSSR count). The van der Waals surface area contributed by atoms with Crippen molar-refractivity contribution in [3.05, 3.63) is 35.4 Å². The van der Waals surface area contributed by atoms with Gasteiger partial charge in [0.1, 0.15) is 0 Å². The first-order valence-corrected chi connectivity index (χ1v) is 6.11. The maximum absolute atomic E-state index is 10.6. The van der Waals surface area contributed by atoms with Crippen molar-refractivity contribution in [1.29, 1.82) is 0 Å². The van der Waals surface area contributed by atoms with E-state index < -0.39 is 5.97 Å². The summed E-state index contributed by atoms with van der Waals surface area (Å²) in [5, 5.41) is 8.68. The molecule has 1 saturated heterocycles. The van der Waals surface area contributed by atoms with Gasteiger partial charge in [0.2, 0.25) is 0 Å². The van der Waals surface area contributed by atoms with E-state index >= 15 is 0 Å². The minimum absolute atomic E-state index is 0.104. The molecule has 92 valence electrons. The standard InChI is InChI=1S/C14H18O3/c15-14(16)9-12-5-3-11(4-6-12)8-13-2-1-7-17-10-13/h3-6,13H,1-2,7-10H2,(H,15,16). The zero-order chi connectivity index (χ0) is 12.1. The number of carboxylic acids is 1. The summed E-state index contributed by atoms with van der Waals surface area (Å²) >= 11 is 0. The quantitative estimate of drug-likeness (QED) is 0.869. The zero-order valence-electron chi connectivity index (χ0n) is 9.89. The van der Waals surface area contributed by atoms with E-state index in [2.05, 4.69) is 0 Å². The molecule has 0 bridgehead atoms. The lowest BCUT2D eigenvalue weighted by Crippen LogP contribution is -2.19. The molecule has 1 aliphatic heterocycles. The third kappa shape index (κ3) is 3.86. The smallest absolute Gasteiger partial charge is 0.307 e. The van der Waals surface area contributed by atoms with Crippen LogP contribution in [0.2, 0.25) is 0 Å². The molecule has 1 aromatic rings. The van der Waals surface area contributed by atoms with Gasteiger partial charge in [-0.1, -0.05) is 24.3 Å². The average molecular weight is 234 g/mol. The highest BCUT2D eigenvalue weighted by Gasteiger charge is 2.14. The molecule has 1 heterocycles. The third-order valence-corrected chi connectivity index (χ3v) is 3.16. The molecule has 17 heavy (non-hydrogen) atoms. The molecule has 1 unspecified atom stereocenters. The summed E-state index contributed by atoms with van der Waals surface area (Å²) in [5.41, 5.74) is 2.13. The van der Waals surface area contributed by atoms with Crippen LogP contribution in [0.4, 0.5) is 0 Å². The van der Waals surface area contributed by atoms with Gasteiger partial charge in [-0.2, -0.15) is 0 Å². The van der Waals surface area contributed by atoms with Crippen molar-refractivity contribution in [3.63, 3.8) is 0 Å². The number of ether oxygens (including phenoxy) is 1. The van der Waals surface area contributed by atoms with Crippen molar-refractivity contribution in [2.75, 3.05) is 13.2 Å². The summed E-state index contributed by atoms with van der Waals surface area (Å²) < 4.78 is 5.45. The van der Waals surface area contributed by atoms with E-state index in [-0.39, 0.29) is 6.42 Å². The molecule has 0 aliphatic carbocycles. The summed E-state index contributed by atoms with van der Waals surface area (Å²) in [4.78, 5) is 10.6. The Morgan fingerprint density at radius 1 is 1.29 bits per heavy atom. The second-order valence-electron chi connectivity index (χ2n) is 4.67. The Kier molecular flexibility index (Phi) is 4.15. The molecule has 1 aromatic carbocycles. The van der Waals surface area contributed by atoms with Gasteiger partial charge < -0.3 is 9.84 Å². The van der Waals surface area contributed by atoms with Crippen LogP contribution < -0.4 is 0 Å². The molecule has 0 spiro atoms. The summed E-state index contributed by atoms with van der Waals surface area (Å²) in [6.07, 6.45) is 3.53. The Morgan fingerprint density at radius 3 is 2.59 bits per heavy atom. The van der Waals surface area contributed by atoms with Crippen LogP contribution in [0.3, 0.4) is 0 Å². The number of rotatable bonds is 4. The van der Waals surface area contributed by atoms with Crippen LogP contribution in [-0.4, -0.2) is 24.3 Å². The lowest BCUT2D eigenvalue weighted by molar-refractivity contribution is -0.136. The van der Waals surface area contributed by atoms with E-state index in [1.54, 1.807) is 0 Å². The van der Waals surface area contributed by atoms with Gasteiger partial charge in [0.25, 0.3) is 0 Å². The van der Waals surface area contributed by atoms with E-state index in [1.807, 2.05) is 24.3 Å². The second-order valence-corrected chi connectivity index (χ2v) is 4.67. The van der Waals surface area contributed by atoms with Crippen LogP contribution in [0.25, 0.3) is 0 Å². The normalized spacial score (nSPS) is 20.1. The van der Waals surface area contributed by atoms with E-state index in [9.17, 15) is 4.79 Å².